The number of morpholine rings is 1. The van der Waals surface area contributed by atoms with Crippen molar-refractivity contribution in [3.05, 3.63) is 65.2 Å². The first-order valence-electron chi connectivity index (χ1n) is 9.71. The quantitative estimate of drug-likeness (QED) is 0.727. The van der Waals surface area contributed by atoms with Crippen LogP contribution in [0.5, 0.6) is 0 Å². The molecule has 144 valence electrons. The highest BCUT2D eigenvalue weighted by molar-refractivity contribution is 6.04. The Morgan fingerprint density at radius 2 is 1.63 bits per heavy atom. The summed E-state index contributed by atoms with van der Waals surface area (Å²) in [5.41, 5.74) is 3.49. The van der Waals surface area contributed by atoms with Crippen LogP contribution in [0.2, 0.25) is 0 Å². The zero-order valence-electron chi connectivity index (χ0n) is 16.9. The molecule has 1 saturated heterocycles. The average Bonchev–Trinajstić information content (AvgIpc) is 2.70. The first-order valence-corrected chi connectivity index (χ1v) is 9.71. The Labute approximate surface area is 162 Å². The maximum Gasteiger partial charge on any atom is 0.187 e. The second-order valence-corrected chi connectivity index (χ2v) is 7.45. The summed E-state index contributed by atoms with van der Waals surface area (Å²) in [7, 11) is 3.98. The van der Waals surface area contributed by atoms with Crippen molar-refractivity contribution in [1.82, 2.24) is 4.90 Å². The van der Waals surface area contributed by atoms with Crippen molar-refractivity contribution in [2.45, 2.75) is 25.8 Å². The molecule has 1 fully saturated rings. The van der Waals surface area contributed by atoms with Crippen LogP contribution in [0.1, 0.15) is 34.8 Å². The Morgan fingerprint density at radius 1 is 1.04 bits per heavy atom. The summed E-state index contributed by atoms with van der Waals surface area (Å²) in [5.74, 6) is 0.146. The fourth-order valence-corrected chi connectivity index (χ4v) is 3.99. The number of rotatable bonds is 6. The summed E-state index contributed by atoms with van der Waals surface area (Å²) in [6.07, 6.45) is 0.715. The smallest absolute Gasteiger partial charge is 0.187 e. The minimum absolute atomic E-state index is 0.146. The van der Waals surface area contributed by atoms with Crippen molar-refractivity contribution in [3.63, 3.8) is 0 Å². The Hall–Kier alpha value is -2.17. The van der Waals surface area contributed by atoms with E-state index in [1.54, 1.807) is 0 Å². The van der Waals surface area contributed by atoms with Gasteiger partial charge in [0.15, 0.2) is 5.78 Å². The van der Waals surface area contributed by atoms with E-state index in [-0.39, 0.29) is 5.78 Å². The van der Waals surface area contributed by atoms with Crippen molar-refractivity contribution in [2.24, 2.45) is 0 Å². The molecule has 0 radical (unpaired) electrons. The van der Waals surface area contributed by atoms with E-state index in [0.29, 0.717) is 6.42 Å². The second kappa shape index (κ2) is 8.24. The molecule has 0 aliphatic carbocycles. The van der Waals surface area contributed by atoms with Gasteiger partial charge in [-0.2, -0.15) is 0 Å². The molecule has 4 heteroatoms. The molecule has 1 atom stereocenters. The van der Waals surface area contributed by atoms with Gasteiger partial charge in [-0.25, -0.2) is 0 Å². The monoisotopic (exact) mass is 366 g/mol. The van der Waals surface area contributed by atoms with Crippen molar-refractivity contribution in [3.8, 4) is 0 Å². The third kappa shape index (κ3) is 3.78. The first kappa shape index (κ1) is 19.6. The minimum Gasteiger partial charge on any atom is -0.378 e. The minimum atomic E-state index is -0.659. The Balaban J connectivity index is 1.93. The molecule has 2 aromatic carbocycles. The molecular formula is C23H30N2O2. The van der Waals surface area contributed by atoms with E-state index in [1.807, 2.05) is 26.2 Å². The van der Waals surface area contributed by atoms with Crippen LogP contribution in [0.25, 0.3) is 0 Å². The number of nitrogens with zero attached hydrogens (tertiary/aromatic N) is 2. The van der Waals surface area contributed by atoms with Crippen molar-refractivity contribution >= 4 is 11.5 Å². The van der Waals surface area contributed by atoms with Gasteiger partial charge in [0.05, 0.1) is 13.2 Å². The lowest BCUT2D eigenvalue weighted by atomic mass is 9.79. The molecule has 2 aromatic rings. The summed E-state index contributed by atoms with van der Waals surface area (Å²) >= 11 is 0. The zero-order valence-corrected chi connectivity index (χ0v) is 16.9. The number of likely N-dealkylation sites (N-methyl/N-ethyl adjacent to an activating group) is 1. The van der Waals surface area contributed by atoms with Crippen LogP contribution in [0, 0.1) is 6.92 Å². The summed E-state index contributed by atoms with van der Waals surface area (Å²) in [6.45, 7) is 7.46. The number of hydrogen-bond acceptors (Lipinski definition) is 4. The van der Waals surface area contributed by atoms with E-state index in [1.165, 1.54) is 5.56 Å². The first-order chi connectivity index (χ1) is 13.0. The van der Waals surface area contributed by atoms with Gasteiger partial charge in [-0.05, 0) is 57.3 Å². The van der Waals surface area contributed by atoms with Gasteiger partial charge in [0.2, 0.25) is 0 Å². The molecule has 4 nitrogen and oxygen atoms in total. The standard InChI is InChI=1S/C23H30N2O2/c1-5-23(24(3)4,20-10-6-18(2)7-11-20)22(26)19-8-12-21(13-9-19)25-14-16-27-17-15-25/h6-13H,5,14-17H2,1-4H3. The molecule has 0 bridgehead atoms. The van der Waals surface area contributed by atoms with Gasteiger partial charge >= 0.3 is 0 Å². The Kier molecular flexibility index (Phi) is 5.98. The molecule has 1 unspecified atom stereocenters. The number of benzene rings is 2. The van der Waals surface area contributed by atoms with Gasteiger partial charge in [0.1, 0.15) is 5.54 Å². The number of aryl methyl sites for hydroxylation is 1. The maximum absolute atomic E-state index is 13.6. The van der Waals surface area contributed by atoms with E-state index in [0.717, 1.165) is 43.1 Å². The number of carbonyl (C=O) groups excluding carboxylic acids is 1. The maximum atomic E-state index is 13.6. The average molecular weight is 367 g/mol. The lowest BCUT2D eigenvalue weighted by Crippen LogP contribution is -2.48. The van der Waals surface area contributed by atoms with Gasteiger partial charge < -0.3 is 9.64 Å². The Morgan fingerprint density at radius 3 is 2.15 bits per heavy atom. The zero-order chi connectivity index (χ0) is 19.4. The normalized spacial score (nSPS) is 17.0. The van der Waals surface area contributed by atoms with Crippen LogP contribution < -0.4 is 4.90 Å². The van der Waals surface area contributed by atoms with E-state index in [4.69, 9.17) is 4.74 Å². The predicted molar refractivity (Wildman–Crippen MR) is 111 cm³/mol. The van der Waals surface area contributed by atoms with Gasteiger partial charge in [0.25, 0.3) is 0 Å². The highest BCUT2D eigenvalue weighted by atomic mass is 16.5. The van der Waals surface area contributed by atoms with Crippen molar-refractivity contribution in [2.75, 3.05) is 45.3 Å². The third-order valence-corrected chi connectivity index (χ3v) is 5.69. The van der Waals surface area contributed by atoms with Crippen LogP contribution in [0.3, 0.4) is 0 Å². The van der Waals surface area contributed by atoms with Gasteiger partial charge in [-0.3, -0.25) is 9.69 Å². The lowest BCUT2D eigenvalue weighted by Gasteiger charge is -2.38. The van der Waals surface area contributed by atoms with Crippen LogP contribution in [0.4, 0.5) is 5.69 Å². The molecule has 0 saturated carbocycles. The van der Waals surface area contributed by atoms with Crippen molar-refractivity contribution < 1.29 is 9.53 Å². The largest absolute Gasteiger partial charge is 0.378 e. The predicted octanol–water partition coefficient (Wildman–Crippen LogP) is 3.88. The molecule has 1 aliphatic rings. The topological polar surface area (TPSA) is 32.8 Å². The molecule has 0 amide bonds. The van der Waals surface area contributed by atoms with Gasteiger partial charge in [0, 0.05) is 24.3 Å². The van der Waals surface area contributed by atoms with Crippen LogP contribution >= 0.6 is 0 Å². The molecule has 0 aromatic heterocycles. The summed E-state index contributed by atoms with van der Waals surface area (Å²) < 4.78 is 5.42. The molecule has 0 spiro atoms. The summed E-state index contributed by atoms with van der Waals surface area (Å²) in [5, 5.41) is 0. The highest BCUT2D eigenvalue weighted by Gasteiger charge is 2.41. The number of ether oxygens (including phenoxy) is 1. The molecule has 1 heterocycles. The number of carbonyl (C=O) groups is 1. The number of ketones is 1. The highest BCUT2D eigenvalue weighted by Crippen LogP contribution is 2.35. The summed E-state index contributed by atoms with van der Waals surface area (Å²) in [4.78, 5) is 18.0. The molecule has 1 aliphatic heterocycles. The molecule has 0 N–H and O–H groups in total. The number of Topliss-reactive ketones (excluding diaryl/α,β-unsaturated/α-hetero) is 1. The lowest BCUT2D eigenvalue weighted by molar-refractivity contribution is 0.0660. The molecule has 27 heavy (non-hydrogen) atoms. The third-order valence-electron chi connectivity index (χ3n) is 5.69. The SMILES string of the molecule is CCC(C(=O)c1ccc(N2CCOCC2)cc1)(c1ccc(C)cc1)N(C)C. The van der Waals surface area contributed by atoms with Gasteiger partial charge in [-0.1, -0.05) is 36.8 Å². The molecular weight excluding hydrogens is 336 g/mol. The fourth-order valence-electron chi connectivity index (χ4n) is 3.99. The summed E-state index contributed by atoms with van der Waals surface area (Å²) in [6, 6.07) is 16.4. The fraction of sp³-hybridized carbons (Fsp3) is 0.435. The van der Waals surface area contributed by atoms with E-state index in [9.17, 15) is 4.79 Å². The van der Waals surface area contributed by atoms with E-state index >= 15 is 0 Å². The van der Waals surface area contributed by atoms with Crippen molar-refractivity contribution in [1.29, 1.82) is 0 Å². The number of anilines is 1. The van der Waals surface area contributed by atoms with Crippen LogP contribution in [-0.4, -0.2) is 51.1 Å². The van der Waals surface area contributed by atoms with Crippen LogP contribution in [-0.2, 0) is 10.3 Å². The van der Waals surface area contributed by atoms with Crippen LogP contribution in [0.15, 0.2) is 48.5 Å². The molecule has 3 rings (SSSR count). The second-order valence-electron chi connectivity index (χ2n) is 7.45. The van der Waals surface area contributed by atoms with Gasteiger partial charge in [-0.15, -0.1) is 0 Å². The Bertz CT molecular complexity index is 762. The number of hydrogen-bond donors (Lipinski definition) is 0. The van der Waals surface area contributed by atoms with E-state index < -0.39 is 5.54 Å². The van der Waals surface area contributed by atoms with E-state index in [2.05, 4.69) is 60.0 Å².